The molecule has 2 heterocycles. The van der Waals surface area contributed by atoms with Crippen LogP contribution in [0.5, 0.6) is 0 Å². The molecule has 1 N–H and O–H groups in total. The van der Waals surface area contributed by atoms with Gasteiger partial charge in [-0.15, -0.1) is 0 Å². The number of urea groups is 1. The Bertz CT molecular complexity index is 1150. The number of benzene rings is 2. The van der Waals surface area contributed by atoms with Gasteiger partial charge in [0.1, 0.15) is 17.5 Å². The molecule has 1 saturated heterocycles. The van der Waals surface area contributed by atoms with Crippen molar-refractivity contribution in [2.24, 2.45) is 0 Å². The van der Waals surface area contributed by atoms with E-state index in [-0.39, 0.29) is 23.2 Å². The molecule has 1 aliphatic heterocycles. The number of rotatable bonds is 4. The van der Waals surface area contributed by atoms with Crippen molar-refractivity contribution in [3.63, 3.8) is 0 Å². The molecule has 29 heavy (non-hydrogen) atoms. The van der Waals surface area contributed by atoms with Crippen molar-refractivity contribution in [2.45, 2.75) is 6.54 Å². The second-order valence-corrected chi connectivity index (χ2v) is 6.70. The van der Waals surface area contributed by atoms with Crippen molar-refractivity contribution in [2.75, 3.05) is 18.0 Å². The van der Waals surface area contributed by atoms with E-state index in [0.29, 0.717) is 24.3 Å². The number of hydrogen-bond acceptors (Lipinski definition) is 2. The average molecular weight is 399 g/mol. The van der Waals surface area contributed by atoms with Gasteiger partial charge in [-0.05, 0) is 48.0 Å². The molecule has 1 fully saturated rings. The van der Waals surface area contributed by atoms with Crippen LogP contribution in [0.3, 0.4) is 0 Å². The van der Waals surface area contributed by atoms with E-state index in [1.807, 2.05) is 0 Å². The zero-order valence-electron chi connectivity index (χ0n) is 15.2. The lowest BCUT2D eigenvalue weighted by Gasteiger charge is -2.19. The topological polar surface area (TPSA) is 56.4 Å². The first-order chi connectivity index (χ1) is 13.9. The highest BCUT2D eigenvalue weighted by Crippen LogP contribution is 2.28. The number of H-pyrrole nitrogens is 1. The molecule has 148 valence electrons. The number of carbonyl (C=O) groups is 1. The second kappa shape index (κ2) is 7.46. The smallest absolute Gasteiger partial charge is 0.324 e. The quantitative estimate of drug-likeness (QED) is 0.724. The first-order valence-electron chi connectivity index (χ1n) is 8.91. The van der Waals surface area contributed by atoms with E-state index in [4.69, 9.17) is 0 Å². The number of nitrogens with zero attached hydrogens (tertiary/aromatic N) is 2. The molecular formula is C21H16F3N3O2. The Balaban J connectivity index is 1.55. The van der Waals surface area contributed by atoms with E-state index >= 15 is 0 Å². The van der Waals surface area contributed by atoms with Gasteiger partial charge >= 0.3 is 6.03 Å². The van der Waals surface area contributed by atoms with Crippen LogP contribution in [0.15, 0.2) is 59.5 Å². The molecule has 2 amide bonds. The van der Waals surface area contributed by atoms with Crippen LogP contribution in [0, 0.1) is 17.5 Å². The molecule has 0 radical (unpaired) electrons. The highest BCUT2D eigenvalue weighted by Gasteiger charge is 2.30. The van der Waals surface area contributed by atoms with Crippen molar-refractivity contribution in [3.8, 4) is 11.1 Å². The molecule has 1 aromatic heterocycles. The Morgan fingerprint density at radius 3 is 2.48 bits per heavy atom. The van der Waals surface area contributed by atoms with Gasteiger partial charge in [0.15, 0.2) is 0 Å². The number of halogens is 3. The number of amides is 2. The largest absolute Gasteiger partial charge is 0.329 e. The van der Waals surface area contributed by atoms with E-state index in [1.165, 1.54) is 34.2 Å². The number of aromatic nitrogens is 1. The Morgan fingerprint density at radius 1 is 0.897 bits per heavy atom. The minimum Gasteiger partial charge on any atom is -0.329 e. The van der Waals surface area contributed by atoms with Crippen LogP contribution in [0.25, 0.3) is 11.1 Å². The van der Waals surface area contributed by atoms with Gasteiger partial charge in [-0.3, -0.25) is 9.69 Å². The number of aromatic amines is 1. The van der Waals surface area contributed by atoms with Crippen LogP contribution in [-0.2, 0) is 6.54 Å². The molecule has 1 aliphatic rings. The minimum atomic E-state index is -0.592. The summed E-state index contributed by atoms with van der Waals surface area (Å²) in [7, 11) is 0. The normalized spacial score (nSPS) is 14.0. The Hall–Kier alpha value is -3.55. The lowest BCUT2D eigenvalue weighted by atomic mass is 10.1. The van der Waals surface area contributed by atoms with Gasteiger partial charge in [-0.2, -0.15) is 0 Å². The van der Waals surface area contributed by atoms with Crippen molar-refractivity contribution in [1.82, 2.24) is 9.88 Å². The first kappa shape index (κ1) is 18.8. The molecule has 8 heteroatoms. The molecule has 0 spiro atoms. The first-order valence-corrected chi connectivity index (χ1v) is 8.91. The monoisotopic (exact) mass is 399 g/mol. The predicted octanol–water partition coefficient (Wildman–Crippen LogP) is 3.90. The van der Waals surface area contributed by atoms with E-state index in [2.05, 4.69) is 4.98 Å². The second-order valence-electron chi connectivity index (χ2n) is 6.70. The Morgan fingerprint density at radius 2 is 1.72 bits per heavy atom. The summed E-state index contributed by atoms with van der Waals surface area (Å²) in [5.41, 5.74) is 0.749. The maximum absolute atomic E-state index is 14.6. The Kier molecular flexibility index (Phi) is 4.84. The van der Waals surface area contributed by atoms with Gasteiger partial charge in [0.25, 0.3) is 0 Å². The number of carbonyl (C=O) groups excluding carboxylic acids is 1. The summed E-state index contributed by atoms with van der Waals surface area (Å²) >= 11 is 0. The van der Waals surface area contributed by atoms with Crippen LogP contribution in [0.1, 0.15) is 5.56 Å². The summed E-state index contributed by atoms with van der Waals surface area (Å²) in [6.07, 6.45) is 1.43. The fraction of sp³-hybridized carbons (Fsp3) is 0.143. The molecule has 0 unspecified atom stereocenters. The third-order valence-corrected chi connectivity index (χ3v) is 4.81. The standard InChI is InChI=1S/C21H16F3N3O2/c22-15-1-4-18(23)14(9-15)12-26-7-8-27(21(26)29)16-2-3-17(19(24)11-16)13-5-6-25-20(28)10-13/h1-6,9-11H,7-8,12H2,(H,25,28). The van der Waals surface area contributed by atoms with Crippen molar-refractivity contribution in [1.29, 1.82) is 0 Å². The van der Waals surface area contributed by atoms with Gasteiger partial charge in [-0.25, -0.2) is 18.0 Å². The third kappa shape index (κ3) is 3.73. The summed E-state index contributed by atoms with van der Waals surface area (Å²) in [6, 6.07) is 9.85. The maximum atomic E-state index is 14.6. The Labute approximate surface area is 164 Å². The lowest BCUT2D eigenvalue weighted by Crippen LogP contribution is -2.31. The highest BCUT2D eigenvalue weighted by molar-refractivity contribution is 5.94. The summed E-state index contributed by atoms with van der Waals surface area (Å²) in [5, 5.41) is 0. The summed E-state index contributed by atoms with van der Waals surface area (Å²) in [5.74, 6) is -1.75. The molecular weight excluding hydrogens is 383 g/mol. The van der Waals surface area contributed by atoms with E-state index in [0.717, 1.165) is 18.2 Å². The van der Waals surface area contributed by atoms with Crippen molar-refractivity contribution >= 4 is 11.7 Å². The van der Waals surface area contributed by atoms with Crippen LogP contribution < -0.4 is 10.5 Å². The van der Waals surface area contributed by atoms with Crippen molar-refractivity contribution < 1.29 is 18.0 Å². The molecule has 0 aliphatic carbocycles. The van der Waals surface area contributed by atoms with Gasteiger partial charge in [0.2, 0.25) is 5.56 Å². The molecule has 3 aromatic rings. The number of anilines is 1. The van der Waals surface area contributed by atoms with E-state index in [9.17, 15) is 22.8 Å². The molecule has 5 nitrogen and oxygen atoms in total. The van der Waals surface area contributed by atoms with Crippen LogP contribution in [0.2, 0.25) is 0 Å². The van der Waals surface area contributed by atoms with E-state index < -0.39 is 23.5 Å². The van der Waals surface area contributed by atoms with Gasteiger partial charge in [-0.1, -0.05) is 0 Å². The fourth-order valence-electron chi connectivity index (χ4n) is 3.36. The molecule has 0 bridgehead atoms. The van der Waals surface area contributed by atoms with E-state index in [1.54, 1.807) is 12.1 Å². The lowest BCUT2D eigenvalue weighted by molar-refractivity contribution is 0.218. The van der Waals surface area contributed by atoms with Crippen molar-refractivity contribution in [3.05, 3.63) is 88.1 Å². The SMILES string of the molecule is O=C1N(Cc2cc(F)ccc2F)CCN1c1ccc(-c2cc[nH]c(=O)c2)c(F)c1. The maximum Gasteiger partial charge on any atom is 0.324 e. The number of nitrogens with one attached hydrogen (secondary N) is 1. The van der Waals surface area contributed by atoms with Gasteiger partial charge in [0.05, 0.1) is 6.54 Å². The summed E-state index contributed by atoms with van der Waals surface area (Å²) < 4.78 is 41.9. The highest BCUT2D eigenvalue weighted by atomic mass is 19.1. The third-order valence-electron chi connectivity index (χ3n) is 4.81. The molecule has 4 rings (SSSR count). The molecule has 0 atom stereocenters. The molecule has 0 saturated carbocycles. The minimum absolute atomic E-state index is 0.0771. The van der Waals surface area contributed by atoms with Gasteiger partial charge < -0.3 is 9.88 Å². The zero-order valence-corrected chi connectivity index (χ0v) is 15.2. The number of pyridine rings is 1. The average Bonchev–Trinajstić information content (AvgIpc) is 3.05. The molecule has 2 aromatic carbocycles. The van der Waals surface area contributed by atoms with Crippen LogP contribution >= 0.6 is 0 Å². The van der Waals surface area contributed by atoms with Gasteiger partial charge in [0, 0.05) is 42.2 Å². The summed E-state index contributed by atoms with van der Waals surface area (Å²) in [4.78, 5) is 29.3. The van der Waals surface area contributed by atoms with Crippen LogP contribution in [-0.4, -0.2) is 29.0 Å². The fourth-order valence-corrected chi connectivity index (χ4v) is 3.36. The zero-order chi connectivity index (χ0) is 20.5. The predicted molar refractivity (Wildman–Crippen MR) is 102 cm³/mol. The number of hydrogen-bond donors (Lipinski definition) is 1. The summed E-state index contributed by atoms with van der Waals surface area (Å²) in [6.45, 7) is 0.512. The van der Waals surface area contributed by atoms with Crippen LogP contribution in [0.4, 0.5) is 23.7 Å².